The molecule has 2 heteroatoms. The first-order valence-electron chi connectivity index (χ1n) is 5.89. The van der Waals surface area contributed by atoms with Crippen molar-refractivity contribution in [3.63, 3.8) is 0 Å². The zero-order valence-electron chi connectivity index (χ0n) is 9.92. The Hall–Kier alpha value is -0.790. The van der Waals surface area contributed by atoms with Crippen LogP contribution in [0.1, 0.15) is 33.6 Å². The van der Waals surface area contributed by atoms with Crippen molar-refractivity contribution < 1.29 is 4.79 Å². The predicted octanol–water partition coefficient (Wildman–Crippen LogP) is 2.36. The molecule has 84 valence electrons. The highest BCUT2D eigenvalue weighted by molar-refractivity contribution is 5.87. The van der Waals surface area contributed by atoms with E-state index in [2.05, 4.69) is 32.7 Å². The van der Waals surface area contributed by atoms with Gasteiger partial charge in [-0.3, -0.25) is 4.79 Å². The van der Waals surface area contributed by atoms with Gasteiger partial charge in [0, 0.05) is 6.04 Å². The van der Waals surface area contributed by atoms with Crippen molar-refractivity contribution in [3.8, 4) is 0 Å². The van der Waals surface area contributed by atoms with Gasteiger partial charge in [-0.1, -0.05) is 27.4 Å². The predicted molar refractivity (Wildman–Crippen MR) is 61.3 cm³/mol. The van der Waals surface area contributed by atoms with Crippen LogP contribution >= 0.6 is 0 Å². The molecule has 1 N–H and O–H groups in total. The molecule has 4 atom stereocenters. The van der Waals surface area contributed by atoms with Gasteiger partial charge in [0.2, 0.25) is 5.91 Å². The molecule has 0 aromatic rings. The summed E-state index contributed by atoms with van der Waals surface area (Å²) in [5, 5.41) is 3.06. The summed E-state index contributed by atoms with van der Waals surface area (Å²) >= 11 is 0. The molecule has 0 spiro atoms. The molecule has 3 rings (SSSR count). The molecule has 2 nitrogen and oxygen atoms in total. The molecule has 1 amide bonds. The van der Waals surface area contributed by atoms with Crippen molar-refractivity contribution in [2.75, 3.05) is 0 Å². The highest BCUT2D eigenvalue weighted by Crippen LogP contribution is 2.61. The highest BCUT2D eigenvalue weighted by atomic mass is 16.1. The van der Waals surface area contributed by atoms with Crippen LogP contribution in [0.15, 0.2) is 12.7 Å². The molecule has 0 aromatic carbocycles. The Morgan fingerprint density at radius 3 is 2.60 bits per heavy atom. The van der Waals surface area contributed by atoms with Crippen molar-refractivity contribution in [1.29, 1.82) is 0 Å². The van der Waals surface area contributed by atoms with E-state index in [1.165, 1.54) is 12.5 Å². The number of nitrogens with one attached hydrogen (secondary N) is 1. The fourth-order valence-corrected chi connectivity index (χ4v) is 3.58. The van der Waals surface area contributed by atoms with E-state index >= 15 is 0 Å². The van der Waals surface area contributed by atoms with Gasteiger partial charge in [0.05, 0.1) is 0 Å². The first-order valence-corrected chi connectivity index (χ1v) is 5.89. The number of amides is 1. The Morgan fingerprint density at radius 1 is 1.47 bits per heavy atom. The Kier molecular flexibility index (Phi) is 2.40. The van der Waals surface area contributed by atoms with Crippen molar-refractivity contribution in [2.45, 2.75) is 39.7 Å². The van der Waals surface area contributed by atoms with Crippen LogP contribution in [0.3, 0.4) is 0 Å². The van der Waals surface area contributed by atoms with E-state index in [1.54, 1.807) is 0 Å². The minimum absolute atomic E-state index is 0.0223. The number of hydrogen-bond donors (Lipinski definition) is 1. The van der Waals surface area contributed by atoms with Crippen LogP contribution < -0.4 is 5.32 Å². The third-order valence-electron chi connectivity index (χ3n) is 4.87. The zero-order valence-corrected chi connectivity index (χ0v) is 9.92. The van der Waals surface area contributed by atoms with Crippen LogP contribution in [0, 0.1) is 23.2 Å². The smallest absolute Gasteiger partial charge is 0.243 e. The summed E-state index contributed by atoms with van der Waals surface area (Å²) in [5.74, 6) is 2.17. The van der Waals surface area contributed by atoms with E-state index in [0.29, 0.717) is 17.4 Å². The van der Waals surface area contributed by atoms with E-state index in [0.717, 1.165) is 18.3 Å². The molecule has 3 saturated carbocycles. The van der Waals surface area contributed by atoms with Gasteiger partial charge in [0.25, 0.3) is 0 Å². The lowest BCUT2D eigenvalue weighted by Crippen LogP contribution is -2.60. The van der Waals surface area contributed by atoms with Crippen LogP contribution in [0.2, 0.25) is 0 Å². The second kappa shape index (κ2) is 3.36. The molecule has 0 heterocycles. The third-order valence-corrected chi connectivity index (χ3v) is 4.87. The van der Waals surface area contributed by atoms with Crippen molar-refractivity contribution in [1.82, 2.24) is 5.32 Å². The van der Waals surface area contributed by atoms with E-state index < -0.39 is 0 Å². The topological polar surface area (TPSA) is 29.1 Å². The summed E-state index contributed by atoms with van der Waals surface area (Å²) in [7, 11) is 0. The maximum absolute atomic E-state index is 11.3. The molecule has 0 saturated heterocycles. The first-order chi connectivity index (χ1) is 6.96. The lowest BCUT2D eigenvalue weighted by atomic mass is 9.45. The Labute approximate surface area is 92.1 Å². The number of hydrogen-bond acceptors (Lipinski definition) is 1. The van der Waals surface area contributed by atoms with Gasteiger partial charge >= 0.3 is 0 Å². The Morgan fingerprint density at radius 2 is 2.13 bits per heavy atom. The van der Waals surface area contributed by atoms with E-state index in [-0.39, 0.29) is 5.91 Å². The number of rotatable bonds is 2. The normalized spacial score (nSPS) is 41.5. The molecule has 0 aliphatic heterocycles. The average Bonchev–Trinajstić information content (AvgIpc) is 2.19. The summed E-state index contributed by atoms with van der Waals surface area (Å²) in [6, 6.07) is 0.368. The molecule has 0 aromatic heterocycles. The highest BCUT2D eigenvalue weighted by Gasteiger charge is 2.56. The van der Waals surface area contributed by atoms with Gasteiger partial charge in [0.15, 0.2) is 0 Å². The lowest BCUT2D eigenvalue weighted by molar-refractivity contribution is -0.130. The molecule has 15 heavy (non-hydrogen) atoms. The standard InChI is InChI=1S/C13H21NO/c1-5-12(15)14-11-7-9-6-10(8(11)2)13(9,3)4/h5,8-11H,1,6-7H2,2-4H3,(H,14,15)/t8-,9+,10-,11-/m0/s1. The summed E-state index contributed by atoms with van der Waals surface area (Å²) in [6.07, 6.45) is 3.87. The van der Waals surface area contributed by atoms with Crippen molar-refractivity contribution in [2.24, 2.45) is 23.2 Å². The van der Waals surface area contributed by atoms with Crippen LogP contribution in [-0.2, 0) is 4.79 Å². The molecule has 2 bridgehead atoms. The molecule has 0 unspecified atom stereocenters. The Balaban J connectivity index is 2.02. The zero-order chi connectivity index (χ0) is 11.2. The van der Waals surface area contributed by atoms with Gasteiger partial charge < -0.3 is 5.32 Å². The van der Waals surface area contributed by atoms with Gasteiger partial charge in [0.1, 0.15) is 0 Å². The average molecular weight is 207 g/mol. The maximum Gasteiger partial charge on any atom is 0.243 e. The molecule has 3 fully saturated rings. The van der Waals surface area contributed by atoms with Gasteiger partial charge in [-0.2, -0.15) is 0 Å². The maximum atomic E-state index is 11.3. The number of fused-ring (bicyclic) bond motifs is 2. The SMILES string of the molecule is C=CC(=O)N[C@H]1C[C@H]2C[C@@H]([C@@H]1C)C2(C)C. The molecule has 0 radical (unpaired) electrons. The molecular weight excluding hydrogens is 186 g/mol. The van der Waals surface area contributed by atoms with Crippen LogP contribution in [0.5, 0.6) is 0 Å². The van der Waals surface area contributed by atoms with E-state index in [4.69, 9.17) is 0 Å². The summed E-state index contributed by atoms with van der Waals surface area (Å²) in [6.45, 7) is 10.5. The fourth-order valence-electron chi connectivity index (χ4n) is 3.58. The van der Waals surface area contributed by atoms with Crippen molar-refractivity contribution >= 4 is 5.91 Å². The van der Waals surface area contributed by atoms with E-state index in [1.807, 2.05) is 0 Å². The largest absolute Gasteiger partial charge is 0.350 e. The van der Waals surface area contributed by atoms with E-state index in [9.17, 15) is 4.79 Å². The number of carbonyl (C=O) groups excluding carboxylic acids is 1. The van der Waals surface area contributed by atoms with Crippen molar-refractivity contribution in [3.05, 3.63) is 12.7 Å². The quantitative estimate of drug-likeness (QED) is 0.692. The molecular formula is C13H21NO. The fraction of sp³-hybridized carbons (Fsp3) is 0.769. The lowest BCUT2D eigenvalue weighted by Gasteiger charge is -2.62. The van der Waals surface area contributed by atoms with Crippen LogP contribution in [-0.4, -0.2) is 11.9 Å². The minimum atomic E-state index is -0.0223. The summed E-state index contributed by atoms with van der Waals surface area (Å²) < 4.78 is 0. The monoisotopic (exact) mass is 207 g/mol. The summed E-state index contributed by atoms with van der Waals surface area (Å²) in [4.78, 5) is 11.3. The molecule has 3 aliphatic carbocycles. The second-order valence-electron chi connectivity index (χ2n) is 5.77. The van der Waals surface area contributed by atoms with Gasteiger partial charge in [-0.15, -0.1) is 0 Å². The minimum Gasteiger partial charge on any atom is -0.350 e. The van der Waals surface area contributed by atoms with Gasteiger partial charge in [-0.05, 0) is 42.1 Å². The third kappa shape index (κ3) is 1.51. The Bertz CT molecular complexity index is 295. The molecule has 3 aliphatic rings. The second-order valence-corrected chi connectivity index (χ2v) is 5.77. The number of carbonyl (C=O) groups is 1. The van der Waals surface area contributed by atoms with Crippen LogP contribution in [0.4, 0.5) is 0 Å². The first kappa shape index (κ1) is 10.7. The van der Waals surface area contributed by atoms with Gasteiger partial charge in [-0.25, -0.2) is 0 Å². The van der Waals surface area contributed by atoms with Crippen LogP contribution in [0.25, 0.3) is 0 Å². The summed E-state index contributed by atoms with van der Waals surface area (Å²) in [5.41, 5.74) is 0.495.